The molecule has 16 heavy (non-hydrogen) atoms. The zero-order chi connectivity index (χ0) is 12.2. The molecule has 0 rings (SSSR count). The first-order valence-corrected chi connectivity index (χ1v) is 6.01. The Morgan fingerprint density at radius 2 is 1.81 bits per heavy atom. The summed E-state index contributed by atoms with van der Waals surface area (Å²) in [5.41, 5.74) is 0. The molecule has 0 N–H and O–H groups in total. The van der Waals surface area contributed by atoms with E-state index in [1.807, 2.05) is 0 Å². The van der Waals surface area contributed by atoms with Crippen LogP contribution >= 0.6 is 0 Å². The van der Waals surface area contributed by atoms with E-state index in [-0.39, 0.29) is 5.97 Å². The summed E-state index contributed by atoms with van der Waals surface area (Å²) >= 11 is 0. The normalized spacial score (nSPS) is 12.4. The van der Waals surface area contributed by atoms with Gasteiger partial charge in [-0.05, 0) is 12.8 Å². The van der Waals surface area contributed by atoms with Crippen LogP contribution in [0.15, 0.2) is 0 Å². The van der Waals surface area contributed by atoms with Crippen LogP contribution < -0.4 is 0 Å². The lowest BCUT2D eigenvalue weighted by molar-refractivity contribution is -0.144. The van der Waals surface area contributed by atoms with Crippen molar-refractivity contribution < 1.29 is 19.0 Å². The molecule has 0 spiro atoms. The Balaban J connectivity index is 3.12. The van der Waals surface area contributed by atoms with Gasteiger partial charge in [-0.25, -0.2) is 0 Å². The molecule has 0 radical (unpaired) electrons. The predicted molar refractivity (Wildman–Crippen MR) is 62.3 cm³/mol. The third-order valence-electron chi connectivity index (χ3n) is 2.23. The number of hydrogen-bond donors (Lipinski definition) is 0. The molecule has 0 amide bonds. The predicted octanol–water partition coefficient (Wildman–Crippen LogP) is 2.02. The summed E-state index contributed by atoms with van der Waals surface area (Å²) in [7, 11) is 0. The van der Waals surface area contributed by atoms with Gasteiger partial charge in [0.1, 0.15) is 0 Å². The van der Waals surface area contributed by atoms with Gasteiger partial charge in [0.25, 0.3) is 0 Å². The quantitative estimate of drug-likeness (QED) is 0.427. The largest absolute Gasteiger partial charge is 0.466 e. The third kappa shape index (κ3) is 9.93. The van der Waals surface area contributed by atoms with E-state index in [2.05, 4.69) is 13.8 Å². The van der Waals surface area contributed by atoms with E-state index in [1.54, 1.807) is 6.92 Å². The summed E-state index contributed by atoms with van der Waals surface area (Å²) in [6, 6.07) is 0. The number of hydrogen-bond acceptors (Lipinski definition) is 4. The van der Waals surface area contributed by atoms with E-state index < -0.39 is 0 Å². The molecule has 1 atom stereocenters. The van der Waals surface area contributed by atoms with Gasteiger partial charge in [-0.1, -0.05) is 20.3 Å². The second kappa shape index (κ2) is 10.9. The van der Waals surface area contributed by atoms with Crippen molar-refractivity contribution in [2.24, 2.45) is 5.92 Å². The lowest BCUT2D eigenvalue weighted by Crippen LogP contribution is -2.12. The van der Waals surface area contributed by atoms with E-state index in [4.69, 9.17) is 14.2 Å². The maximum atomic E-state index is 10.9. The molecule has 0 heterocycles. The van der Waals surface area contributed by atoms with Gasteiger partial charge in [0.2, 0.25) is 0 Å². The number of rotatable bonds is 10. The van der Waals surface area contributed by atoms with Gasteiger partial charge >= 0.3 is 5.97 Å². The summed E-state index contributed by atoms with van der Waals surface area (Å²) < 4.78 is 15.4. The number of carbonyl (C=O) groups is 1. The Labute approximate surface area is 98.3 Å². The van der Waals surface area contributed by atoms with Crippen molar-refractivity contribution in [1.82, 2.24) is 0 Å². The minimum atomic E-state index is -0.206. The molecular formula is C12H24O4. The highest BCUT2D eigenvalue weighted by Crippen LogP contribution is 2.00. The van der Waals surface area contributed by atoms with Crippen molar-refractivity contribution in [3.05, 3.63) is 0 Å². The van der Waals surface area contributed by atoms with Crippen LogP contribution in [0, 0.1) is 5.92 Å². The smallest absolute Gasteiger partial charge is 0.308 e. The molecule has 96 valence electrons. The minimum Gasteiger partial charge on any atom is -0.466 e. The Kier molecular flexibility index (Phi) is 10.5. The van der Waals surface area contributed by atoms with Gasteiger partial charge in [0.05, 0.1) is 32.8 Å². The van der Waals surface area contributed by atoms with Gasteiger partial charge < -0.3 is 14.2 Å². The molecule has 0 aromatic carbocycles. The second-order valence-electron chi connectivity index (χ2n) is 3.76. The molecule has 0 aliphatic rings. The van der Waals surface area contributed by atoms with Crippen molar-refractivity contribution in [2.45, 2.75) is 33.6 Å². The average Bonchev–Trinajstić information content (AvgIpc) is 2.27. The van der Waals surface area contributed by atoms with Crippen molar-refractivity contribution in [3.8, 4) is 0 Å². The molecule has 4 heteroatoms. The summed E-state index contributed by atoms with van der Waals surface area (Å²) in [6.45, 7) is 8.83. The van der Waals surface area contributed by atoms with Crippen LogP contribution in [0.1, 0.15) is 33.6 Å². The minimum absolute atomic E-state index is 0.206. The van der Waals surface area contributed by atoms with Gasteiger partial charge in [0, 0.05) is 6.61 Å². The van der Waals surface area contributed by atoms with Crippen LogP contribution in [-0.4, -0.2) is 39.0 Å². The van der Waals surface area contributed by atoms with Gasteiger partial charge in [-0.3, -0.25) is 4.79 Å². The molecule has 0 bridgehead atoms. The van der Waals surface area contributed by atoms with Crippen LogP contribution in [0.3, 0.4) is 0 Å². The Hall–Kier alpha value is -0.610. The summed E-state index contributed by atoms with van der Waals surface area (Å²) in [6.07, 6.45) is 1.45. The Morgan fingerprint density at radius 1 is 1.12 bits per heavy atom. The first-order chi connectivity index (χ1) is 7.70. The van der Waals surface area contributed by atoms with E-state index in [0.29, 0.717) is 38.8 Å². The van der Waals surface area contributed by atoms with E-state index in [1.165, 1.54) is 0 Å². The molecule has 0 aliphatic carbocycles. The zero-order valence-corrected chi connectivity index (χ0v) is 10.7. The maximum Gasteiger partial charge on any atom is 0.308 e. The fourth-order valence-electron chi connectivity index (χ4n) is 1.01. The van der Waals surface area contributed by atoms with Crippen LogP contribution in [-0.2, 0) is 19.0 Å². The lowest BCUT2D eigenvalue weighted by Gasteiger charge is -2.09. The highest BCUT2D eigenvalue weighted by Gasteiger charge is 2.01. The van der Waals surface area contributed by atoms with Crippen LogP contribution in [0.4, 0.5) is 0 Å². The molecule has 0 saturated heterocycles. The van der Waals surface area contributed by atoms with Crippen LogP contribution in [0.2, 0.25) is 0 Å². The third-order valence-corrected chi connectivity index (χ3v) is 2.23. The molecule has 0 saturated carbocycles. The van der Waals surface area contributed by atoms with E-state index >= 15 is 0 Å². The highest BCUT2D eigenvalue weighted by molar-refractivity contribution is 5.69. The molecule has 0 aromatic heterocycles. The fraction of sp³-hybridized carbons (Fsp3) is 0.917. The topological polar surface area (TPSA) is 44.8 Å². The Bertz CT molecular complexity index is 170. The zero-order valence-electron chi connectivity index (χ0n) is 10.7. The van der Waals surface area contributed by atoms with Crippen molar-refractivity contribution in [3.63, 3.8) is 0 Å². The number of carbonyl (C=O) groups excluding carboxylic acids is 1. The van der Waals surface area contributed by atoms with Crippen molar-refractivity contribution >= 4 is 5.97 Å². The first-order valence-electron chi connectivity index (χ1n) is 6.01. The summed E-state index contributed by atoms with van der Waals surface area (Å²) in [5.74, 6) is 0.391. The molecule has 4 nitrogen and oxygen atoms in total. The first kappa shape index (κ1) is 15.4. The molecule has 0 aliphatic heterocycles. The summed E-state index contributed by atoms with van der Waals surface area (Å²) in [5, 5.41) is 0. The van der Waals surface area contributed by atoms with Crippen LogP contribution in [0.5, 0.6) is 0 Å². The van der Waals surface area contributed by atoms with Gasteiger partial charge in [-0.2, -0.15) is 0 Å². The van der Waals surface area contributed by atoms with Crippen LogP contribution in [0.25, 0.3) is 0 Å². The number of ether oxygens (including phenoxy) is 3. The average molecular weight is 232 g/mol. The molecule has 1 unspecified atom stereocenters. The molecular weight excluding hydrogens is 208 g/mol. The Morgan fingerprint density at radius 3 is 2.44 bits per heavy atom. The molecule has 0 aromatic rings. The van der Waals surface area contributed by atoms with Crippen molar-refractivity contribution in [1.29, 1.82) is 0 Å². The second-order valence-corrected chi connectivity index (χ2v) is 3.76. The standard InChI is InChI=1S/C12H24O4/c1-4-11(3)10-15-9-8-14-7-6-12(13)16-5-2/h11H,4-10H2,1-3H3. The van der Waals surface area contributed by atoms with E-state index in [0.717, 1.165) is 13.0 Å². The van der Waals surface area contributed by atoms with Gasteiger partial charge in [-0.15, -0.1) is 0 Å². The van der Waals surface area contributed by atoms with E-state index in [9.17, 15) is 4.79 Å². The fourth-order valence-corrected chi connectivity index (χ4v) is 1.01. The molecule has 0 fully saturated rings. The monoisotopic (exact) mass is 232 g/mol. The maximum absolute atomic E-state index is 10.9. The number of esters is 1. The highest BCUT2D eigenvalue weighted by atomic mass is 16.5. The van der Waals surface area contributed by atoms with Crippen molar-refractivity contribution in [2.75, 3.05) is 33.0 Å². The lowest BCUT2D eigenvalue weighted by atomic mass is 10.1. The summed E-state index contributed by atoms with van der Waals surface area (Å²) in [4.78, 5) is 10.9. The van der Waals surface area contributed by atoms with Gasteiger partial charge in [0.15, 0.2) is 0 Å². The SMILES string of the molecule is CCOC(=O)CCOCCOCC(C)CC.